The first-order valence-electron chi connectivity index (χ1n) is 6.25. The van der Waals surface area contributed by atoms with Crippen molar-refractivity contribution < 1.29 is 23.9 Å². The summed E-state index contributed by atoms with van der Waals surface area (Å²) in [6.45, 7) is 3.27. The number of carbonyl (C=O) groups is 3. The molecule has 110 valence electrons. The molecule has 1 aromatic heterocycles. The molecule has 0 spiro atoms. The molecule has 0 fully saturated rings. The topological polar surface area (TPSA) is 109 Å². The SMILES string of the molecule is CC(CCC(=O)O)NC(=O)C(C)NC(=O)c1ccoc1. The number of hydrogen-bond donors (Lipinski definition) is 3. The number of amides is 2. The highest BCUT2D eigenvalue weighted by Gasteiger charge is 2.18. The number of carbonyl (C=O) groups excluding carboxylic acids is 2. The van der Waals surface area contributed by atoms with Crippen molar-refractivity contribution in [2.24, 2.45) is 0 Å². The van der Waals surface area contributed by atoms with Crippen LogP contribution in [0.15, 0.2) is 23.0 Å². The molecule has 3 N–H and O–H groups in total. The van der Waals surface area contributed by atoms with Gasteiger partial charge in [0.05, 0.1) is 11.8 Å². The van der Waals surface area contributed by atoms with Crippen LogP contribution in [0, 0.1) is 0 Å². The molecule has 0 saturated heterocycles. The van der Waals surface area contributed by atoms with Gasteiger partial charge in [-0.1, -0.05) is 0 Å². The summed E-state index contributed by atoms with van der Waals surface area (Å²) < 4.78 is 4.78. The van der Waals surface area contributed by atoms with Gasteiger partial charge >= 0.3 is 5.97 Å². The summed E-state index contributed by atoms with van der Waals surface area (Å²) >= 11 is 0. The van der Waals surface area contributed by atoms with Crippen LogP contribution in [0.4, 0.5) is 0 Å². The Bertz CT molecular complexity index is 469. The fourth-order valence-corrected chi connectivity index (χ4v) is 1.52. The maximum absolute atomic E-state index is 11.8. The molecule has 2 unspecified atom stereocenters. The van der Waals surface area contributed by atoms with E-state index in [0.29, 0.717) is 12.0 Å². The van der Waals surface area contributed by atoms with E-state index in [1.807, 2.05) is 0 Å². The maximum atomic E-state index is 11.8. The lowest BCUT2D eigenvalue weighted by molar-refractivity contribution is -0.137. The quantitative estimate of drug-likeness (QED) is 0.684. The Morgan fingerprint density at radius 1 is 1.30 bits per heavy atom. The van der Waals surface area contributed by atoms with Gasteiger partial charge < -0.3 is 20.2 Å². The van der Waals surface area contributed by atoms with Gasteiger partial charge in [0.15, 0.2) is 0 Å². The molecule has 0 bridgehead atoms. The largest absolute Gasteiger partial charge is 0.481 e. The molecule has 7 nitrogen and oxygen atoms in total. The van der Waals surface area contributed by atoms with Crippen LogP contribution in [0.25, 0.3) is 0 Å². The van der Waals surface area contributed by atoms with Gasteiger partial charge in [0, 0.05) is 12.5 Å². The Morgan fingerprint density at radius 3 is 2.55 bits per heavy atom. The minimum Gasteiger partial charge on any atom is -0.481 e. The first-order chi connectivity index (χ1) is 9.40. The molecule has 0 aliphatic rings. The average Bonchev–Trinajstić information content (AvgIpc) is 2.90. The summed E-state index contributed by atoms with van der Waals surface area (Å²) in [6, 6.07) is 0.506. The van der Waals surface area contributed by atoms with Gasteiger partial charge in [0.25, 0.3) is 5.91 Å². The van der Waals surface area contributed by atoms with Crippen LogP contribution < -0.4 is 10.6 Å². The van der Waals surface area contributed by atoms with Gasteiger partial charge in [-0.05, 0) is 26.3 Å². The lowest BCUT2D eigenvalue weighted by atomic mass is 10.1. The van der Waals surface area contributed by atoms with Crippen LogP contribution in [0.3, 0.4) is 0 Å². The number of carboxylic acids is 1. The van der Waals surface area contributed by atoms with E-state index >= 15 is 0 Å². The monoisotopic (exact) mass is 282 g/mol. The molecule has 0 radical (unpaired) electrons. The zero-order chi connectivity index (χ0) is 15.1. The molecule has 7 heteroatoms. The minimum atomic E-state index is -0.910. The first-order valence-corrected chi connectivity index (χ1v) is 6.25. The van der Waals surface area contributed by atoms with E-state index in [9.17, 15) is 14.4 Å². The zero-order valence-corrected chi connectivity index (χ0v) is 11.4. The van der Waals surface area contributed by atoms with E-state index in [2.05, 4.69) is 10.6 Å². The Labute approximate surface area is 116 Å². The number of nitrogens with one attached hydrogen (secondary N) is 2. The summed E-state index contributed by atoms with van der Waals surface area (Å²) in [7, 11) is 0. The molecule has 0 aliphatic heterocycles. The van der Waals surface area contributed by atoms with Crippen molar-refractivity contribution in [2.45, 2.75) is 38.8 Å². The predicted molar refractivity (Wildman–Crippen MR) is 70.1 cm³/mol. The van der Waals surface area contributed by atoms with E-state index < -0.39 is 17.9 Å². The molecule has 1 aromatic rings. The van der Waals surface area contributed by atoms with Gasteiger partial charge in [-0.2, -0.15) is 0 Å². The van der Waals surface area contributed by atoms with Crippen molar-refractivity contribution in [2.75, 3.05) is 0 Å². The van der Waals surface area contributed by atoms with E-state index in [0.717, 1.165) is 0 Å². The molecular weight excluding hydrogens is 264 g/mol. The summed E-state index contributed by atoms with van der Waals surface area (Å²) in [4.78, 5) is 33.9. The Kier molecular flexibility index (Phi) is 5.76. The smallest absolute Gasteiger partial charge is 0.303 e. The van der Waals surface area contributed by atoms with Gasteiger partial charge in [-0.25, -0.2) is 0 Å². The third-order valence-electron chi connectivity index (χ3n) is 2.70. The molecule has 20 heavy (non-hydrogen) atoms. The van der Waals surface area contributed by atoms with Crippen molar-refractivity contribution in [1.82, 2.24) is 10.6 Å². The molecular formula is C13H18N2O5. The van der Waals surface area contributed by atoms with Gasteiger partial charge in [-0.15, -0.1) is 0 Å². The maximum Gasteiger partial charge on any atom is 0.303 e. The summed E-state index contributed by atoms with van der Waals surface area (Å²) in [6.07, 6.45) is 2.98. The lowest BCUT2D eigenvalue weighted by Crippen LogP contribution is -2.47. The third kappa shape index (κ3) is 5.13. The summed E-state index contributed by atoms with van der Waals surface area (Å²) in [5, 5.41) is 13.7. The Hall–Kier alpha value is -2.31. The van der Waals surface area contributed by atoms with Gasteiger partial charge in [0.1, 0.15) is 12.3 Å². The molecule has 0 aromatic carbocycles. The molecule has 2 atom stereocenters. The van der Waals surface area contributed by atoms with Crippen molar-refractivity contribution in [3.05, 3.63) is 24.2 Å². The molecule has 1 rings (SSSR count). The van der Waals surface area contributed by atoms with Crippen LogP contribution in [0.5, 0.6) is 0 Å². The van der Waals surface area contributed by atoms with Crippen LogP contribution in [-0.2, 0) is 9.59 Å². The van der Waals surface area contributed by atoms with E-state index in [-0.39, 0.29) is 18.4 Å². The lowest BCUT2D eigenvalue weighted by Gasteiger charge is -2.17. The van der Waals surface area contributed by atoms with E-state index in [4.69, 9.17) is 9.52 Å². The van der Waals surface area contributed by atoms with Crippen LogP contribution in [0.1, 0.15) is 37.0 Å². The van der Waals surface area contributed by atoms with Crippen LogP contribution in [0.2, 0.25) is 0 Å². The Balaban J connectivity index is 2.39. The second-order valence-corrected chi connectivity index (χ2v) is 4.55. The second kappa shape index (κ2) is 7.32. The van der Waals surface area contributed by atoms with Crippen molar-refractivity contribution in [3.8, 4) is 0 Å². The highest BCUT2D eigenvalue weighted by molar-refractivity contribution is 5.97. The second-order valence-electron chi connectivity index (χ2n) is 4.55. The number of hydrogen-bond acceptors (Lipinski definition) is 4. The summed E-state index contributed by atoms with van der Waals surface area (Å²) in [5.74, 6) is -1.67. The van der Waals surface area contributed by atoms with Gasteiger partial charge in [0.2, 0.25) is 5.91 Å². The van der Waals surface area contributed by atoms with Crippen molar-refractivity contribution in [3.63, 3.8) is 0 Å². The number of furan rings is 1. The first kappa shape index (κ1) is 15.7. The summed E-state index contributed by atoms with van der Waals surface area (Å²) in [5.41, 5.74) is 0.337. The molecule has 2 amide bonds. The molecule has 0 aliphatic carbocycles. The zero-order valence-electron chi connectivity index (χ0n) is 11.4. The number of aliphatic carboxylic acids is 1. The average molecular weight is 282 g/mol. The highest BCUT2D eigenvalue weighted by atomic mass is 16.4. The minimum absolute atomic E-state index is 0.0167. The van der Waals surface area contributed by atoms with E-state index in [1.54, 1.807) is 13.8 Å². The Morgan fingerprint density at radius 2 is 2.00 bits per heavy atom. The standard InChI is InChI=1S/C13H18N2O5/c1-8(3-4-11(16)17)14-12(18)9(2)15-13(19)10-5-6-20-7-10/h5-9H,3-4H2,1-2H3,(H,14,18)(H,15,19)(H,16,17). The highest BCUT2D eigenvalue weighted by Crippen LogP contribution is 2.01. The van der Waals surface area contributed by atoms with E-state index in [1.165, 1.54) is 18.6 Å². The van der Waals surface area contributed by atoms with Gasteiger partial charge in [-0.3, -0.25) is 14.4 Å². The predicted octanol–water partition coefficient (Wildman–Crippen LogP) is 0.767. The van der Waals surface area contributed by atoms with Crippen molar-refractivity contribution in [1.29, 1.82) is 0 Å². The fourth-order valence-electron chi connectivity index (χ4n) is 1.52. The van der Waals surface area contributed by atoms with Crippen molar-refractivity contribution >= 4 is 17.8 Å². The van der Waals surface area contributed by atoms with Crippen LogP contribution >= 0.6 is 0 Å². The fraction of sp³-hybridized carbons (Fsp3) is 0.462. The third-order valence-corrected chi connectivity index (χ3v) is 2.70. The number of rotatable bonds is 7. The molecule has 0 saturated carbocycles. The normalized spacial score (nSPS) is 13.3. The van der Waals surface area contributed by atoms with Crippen LogP contribution in [-0.4, -0.2) is 35.0 Å². The number of carboxylic acid groups (broad SMARTS) is 1. The molecule has 1 heterocycles.